The van der Waals surface area contributed by atoms with Crippen molar-refractivity contribution < 1.29 is 18.1 Å². The summed E-state index contributed by atoms with van der Waals surface area (Å²) in [6.07, 6.45) is -0.0106. The van der Waals surface area contributed by atoms with Gasteiger partial charge in [0.15, 0.2) is 5.00 Å². The Bertz CT molecular complexity index is 625. The fourth-order valence-electron chi connectivity index (χ4n) is 1.41. The van der Waals surface area contributed by atoms with Crippen LogP contribution in [-0.4, -0.2) is 39.4 Å². The topological polar surface area (TPSA) is 130 Å². The van der Waals surface area contributed by atoms with Crippen molar-refractivity contribution in [3.63, 3.8) is 0 Å². The molecule has 0 aromatic carbocycles. The summed E-state index contributed by atoms with van der Waals surface area (Å²) in [5.41, 5.74) is -0.284. The van der Waals surface area contributed by atoms with Crippen LogP contribution in [0.4, 0.5) is 10.7 Å². The molecule has 1 heterocycles. The molecule has 0 fully saturated rings. The van der Waals surface area contributed by atoms with E-state index in [1.54, 1.807) is 6.92 Å². The zero-order chi connectivity index (χ0) is 16.0. The molecular weight excluding hydrogens is 320 g/mol. The van der Waals surface area contributed by atoms with E-state index in [-0.39, 0.29) is 33.8 Å². The van der Waals surface area contributed by atoms with Gasteiger partial charge in [-0.25, -0.2) is 13.1 Å². The van der Waals surface area contributed by atoms with Crippen molar-refractivity contribution in [3.05, 3.63) is 16.2 Å². The average molecular weight is 336 g/mol. The van der Waals surface area contributed by atoms with Crippen LogP contribution < -0.4 is 15.4 Å². The van der Waals surface area contributed by atoms with Crippen LogP contribution in [0.15, 0.2) is 10.3 Å². The normalized spacial score (nSPS) is 11.1. The highest BCUT2D eigenvalue weighted by atomic mass is 32.2. The first-order valence-electron chi connectivity index (χ1n) is 6.04. The second-order valence-corrected chi connectivity index (χ2v) is 6.93. The highest BCUT2D eigenvalue weighted by Crippen LogP contribution is 2.36. The van der Waals surface area contributed by atoms with E-state index in [4.69, 9.17) is 0 Å². The predicted molar refractivity (Wildman–Crippen MR) is 79.0 cm³/mol. The molecule has 0 spiro atoms. The van der Waals surface area contributed by atoms with E-state index in [0.29, 0.717) is 6.54 Å². The largest absolute Gasteiger partial charge is 0.372 e. The molecule has 118 valence electrons. The third-order valence-corrected chi connectivity index (χ3v) is 5.43. The predicted octanol–water partition coefficient (Wildman–Crippen LogP) is 0.502. The quantitative estimate of drug-likeness (QED) is 0.468. The summed E-state index contributed by atoms with van der Waals surface area (Å²) in [7, 11) is -2.43. The highest BCUT2D eigenvalue weighted by molar-refractivity contribution is 7.91. The van der Waals surface area contributed by atoms with Gasteiger partial charge >= 0.3 is 5.69 Å². The average Bonchev–Trinajstić information content (AvgIpc) is 2.83. The van der Waals surface area contributed by atoms with Gasteiger partial charge in [0.25, 0.3) is 0 Å². The maximum atomic E-state index is 12.0. The van der Waals surface area contributed by atoms with Crippen molar-refractivity contribution in [1.29, 1.82) is 0 Å². The van der Waals surface area contributed by atoms with E-state index < -0.39 is 14.9 Å². The highest BCUT2D eigenvalue weighted by Gasteiger charge is 2.25. The summed E-state index contributed by atoms with van der Waals surface area (Å²) in [6, 6.07) is 1.00. The van der Waals surface area contributed by atoms with E-state index in [1.165, 1.54) is 7.05 Å². The molecule has 3 N–H and O–H groups in total. The van der Waals surface area contributed by atoms with Crippen molar-refractivity contribution in [1.82, 2.24) is 10.0 Å². The molecule has 0 saturated carbocycles. The first-order valence-corrected chi connectivity index (χ1v) is 8.34. The van der Waals surface area contributed by atoms with Gasteiger partial charge in [0.2, 0.25) is 15.9 Å². The minimum absolute atomic E-state index is 0.0106. The summed E-state index contributed by atoms with van der Waals surface area (Å²) in [5.74, 6) is -0.303. The monoisotopic (exact) mass is 336 g/mol. The minimum Gasteiger partial charge on any atom is -0.372 e. The first kappa shape index (κ1) is 17.3. The van der Waals surface area contributed by atoms with E-state index in [0.717, 1.165) is 17.4 Å². The van der Waals surface area contributed by atoms with Gasteiger partial charge in [-0.1, -0.05) is 11.3 Å². The third kappa shape index (κ3) is 4.65. The number of hydrogen-bond acceptors (Lipinski definition) is 7. The Balaban J connectivity index is 2.90. The van der Waals surface area contributed by atoms with Crippen LogP contribution in [0, 0.1) is 10.1 Å². The summed E-state index contributed by atoms with van der Waals surface area (Å²) in [6.45, 7) is 2.11. The van der Waals surface area contributed by atoms with E-state index in [9.17, 15) is 23.3 Å². The Morgan fingerprint density at radius 1 is 1.48 bits per heavy atom. The van der Waals surface area contributed by atoms with Crippen LogP contribution in [-0.2, 0) is 14.8 Å². The molecule has 0 radical (unpaired) electrons. The lowest BCUT2D eigenvalue weighted by Crippen LogP contribution is -2.28. The smallest absolute Gasteiger partial charge is 0.304 e. The summed E-state index contributed by atoms with van der Waals surface area (Å²) in [4.78, 5) is 21.3. The summed E-state index contributed by atoms with van der Waals surface area (Å²) in [5, 5.41) is 16.2. The van der Waals surface area contributed by atoms with Crippen LogP contribution in [0.5, 0.6) is 0 Å². The van der Waals surface area contributed by atoms with Gasteiger partial charge < -0.3 is 10.6 Å². The summed E-state index contributed by atoms with van der Waals surface area (Å²) < 4.78 is 26.1. The number of carbonyl (C=O) groups is 1. The number of hydrogen-bond donors (Lipinski definition) is 3. The number of anilines is 1. The van der Waals surface area contributed by atoms with Gasteiger partial charge in [0.05, 0.1) is 4.92 Å². The Hall–Kier alpha value is -1.72. The molecule has 0 atom stereocenters. The Labute approximate surface area is 125 Å². The zero-order valence-corrected chi connectivity index (χ0v) is 13.1. The number of amides is 1. The van der Waals surface area contributed by atoms with Crippen LogP contribution in [0.25, 0.3) is 0 Å². The van der Waals surface area contributed by atoms with Crippen molar-refractivity contribution in [2.45, 2.75) is 17.6 Å². The van der Waals surface area contributed by atoms with Crippen molar-refractivity contribution in [2.75, 3.05) is 25.5 Å². The van der Waals surface area contributed by atoms with Crippen molar-refractivity contribution >= 4 is 38.0 Å². The van der Waals surface area contributed by atoms with Crippen LogP contribution in [0.1, 0.15) is 13.3 Å². The maximum absolute atomic E-state index is 12.0. The SMILES string of the molecule is CCNc1sc(S(=O)(=O)NCCC(=O)NC)cc1[N+](=O)[O-]. The van der Waals surface area contributed by atoms with Gasteiger partial charge in [0, 0.05) is 32.6 Å². The Morgan fingerprint density at radius 2 is 2.14 bits per heavy atom. The molecule has 0 saturated heterocycles. The van der Waals surface area contributed by atoms with Crippen molar-refractivity contribution in [2.24, 2.45) is 0 Å². The molecule has 1 aromatic heterocycles. The molecule has 9 nitrogen and oxygen atoms in total. The number of thiophene rings is 1. The molecule has 1 amide bonds. The fraction of sp³-hybridized carbons (Fsp3) is 0.500. The van der Waals surface area contributed by atoms with Crippen molar-refractivity contribution in [3.8, 4) is 0 Å². The number of rotatable bonds is 8. The van der Waals surface area contributed by atoms with Gasteiger partial charge in [-0.15, -0.1) is 0 Å². The Kier molecular flexibility index (Phi) is 6.05. The van der Waals surface area contributed by atoms with E-state index in [1.807, 2.05) is 0 Å². The lowest BCUT2D eigenvalue weighted by molar-refractivity contribution is -0.383. The van der Waals surface area contributed by atoms with Gasteiger partial charge in [0.1, 0.15) is 4.21 Å². The first-order chi connectivity index (χ1) is 9.81. The van der Waals surface area contributed by atoms with E-state index >= 15 is 0 Å². The molecule has 0 aliphatic carbocycles. The number of nitro groups is 1. The number of nitrogens with zero attached hydrogens (tertiary/aromatic N) is 1. The van der Waals surface area contributed by atoms with Crippen LogP contribution >= 0.6 is 11.3 Å². The molecule has 21 heavy (non-hydrogen) atoms. The summed E-state index contributed by atoms with van der Waals surface area (Å²) >= 11 is 0.780. The van der Waals surface area contributed by atoms with Gasteiger partial charge in [-0.2, -0.15) is 0 Å². The van der Waals surface area contributed by atoms with E-state index in [2.05, 4.69) is 15.4 Å². The van der Waals surface area contributed by atoms with Gasteiger partial charge in [-0.3, -0.25) is 14.9 Å². The maximum Gasteiger partial charge on any atom is 0.304 e. The molecule has 0 unspecified atom stereocenters. The fourth-order valence-corrected chi connectivity index (χ4v) is 3.88. The molecular formula is C10H16N4O5S2. The second kappa shape index (κ2) is 7.33. The lowest BCUT2D eigenvalue weighted by atomic mass is 10.4. The van der Waals surface area contributed by atoms with Crippen LogP contribution in [0.2, 0.25) is 0 Å². The second-order valence-electron chi connectivity index (χ2n) is 3.89. The van der Waals surface area contributed by atoms with Crippen LogP contribution in [0.3, 0.4) is 0 Å². The molecule has 0 bridgehead atoms. The zero-order valence-electron chi connectivity index (χ0n) is 11.5. The third-order valence-electron chi connectivity index (χ3n) is 2.41. The number of nitrogens with one attached hydrogen (secondary N) is 3. The van der Waals surface area contributed by atoms with Gasteiger partial charge in [-0.05, 0) is 6.92 Å². The Morgan fingerprint density at radius 3 is 2.67 bits per heavy atom. The number of sulfonamides is 1. The minimum atomic E-state index is -3.87. The molecule has 1 aromatic rings. The standard InChI is InChI=1S/C10H16N4O5S2/c1-3-12-10-7(14(16)17)6-9(20-10)21(18,19)13-5-4-8(15)11-2/h6,12-13H,3-5H2,1-2H3,(H,11,15). The lowest BCUT2D eigenvalue weighted by Gasteiger charge is -2.03. The number of carbonyl (C=O) groups excluding carboxylic acids is 1. The molecule has 0 aliphatic heterocycles. The molecule has 11 heteroatoms. The molecule has 1 rings (SSSR count). The molecule has 0 aliphatic rings.